The van der Waals surface area contributed by atoms with Crippen LogP contribution >= 0.6 is 11.8 Å². The Morgan fingerprint density at radius 1 is 1.50 bits per heavy atom. The molecule has 2 amide bonds. The van der Waals surface area contributed by atoms with E-state index < -0.39 is 21.2 Å². The van der Waals surface area contributed by atoms with Crippen molar-refractivity contribution in [1.29, 1.82) is 0 Å². The molecule has 6 nitrogen and oxygen atoms in total. The standard InChI is InChI=1S/C4H6N2O4S2/c1-12(9,10)5-6-3(7)2-11-4(6)8/h5H,2H2,1H3. The quantitative estimate of drug-likeness (QED) is 0.641. The van der Waals surface area contributed by atoms with Gasteiger partial charge in [0.1, 0.15) is 0 Å². The normalized spacial score (nSPS) is 18.9. The Hall–Kier alpha value is -0.600. The van der Waals surface area contributed by atoms with Gasteiger partial charge in [-0.3, -0.25) is 9.59 Å². The van der Waals surface area contributed by atoms with Crippen LogP contribution in [0.4, 0.5) is 4.79 Å². The molecule has 12 heavy (non-hydrogen) atoms. The van der Waals surface area contributed by atoms with E-state index in [0.29, 0.717) is 5.01 Å². The maximum Gasteiger partial charge on any atom is 0.304 e. The van der Waals surface area contributed by atoms with Gasteiger partial charge in [-0.1, -0.05) is 11.8 Å². The summed E-state index contributed by atoms with van der Waals surface area (Å²) in [4.78, 5) is 23.4. The first-order valence-electron chi connectivity index (χ1n) is 2.87. The summed E-state index contributed by atoms with van der Waals surface area (Å²) in [6.45, 7) is 0. The number of carbonyl (C=O) groups is 2. The molecule has 0 atom stereocenters. The van der Waals surface area contributed by atoms with Gasteiger partial charge in [-0.15, -0.1) is 4.83 Å². The minimum Gasteiger partial charge on any atom is -0.272 e. The molecule has 1 aliphatic heterocycles. The lowest BCUT2D eigenvalue weighted by Crippen LogP contribution is -2.44. The maximum absolute atomic E-state index is 10.8. The Morgan fingerprint density at radius 2 is 2.08 bits per heavy atom. The van der Waals surface area contributed by atoms with Crippen LogP contribution in [0.5, 0.6) is 0 Å². The molecule has 1 rings (SSSR count). The van der Waals surface area contributed by atoms with Crippen LogP contribution in [0.1, 0.15) is 0 Å². The predicted molar refractivity (Wildman–Crippen MR) is 42.7 cm³/mol. The molecule has 1 aliphatic rings. The monoisotopic (exact) mass is 210 g/mol. The Kier molecular flexibility index (Phi) is 2.40. The van der Waals surface area contributed by atoms with E-state index in [0.717, 1.165) is 18.0 Å². The highest BCUT2D eigenvalue weighted by molar-refractivity contribution is 8.14. The number of hydrazine groups is 1. The molecule has 0 aromatic rings. The molecule has 8 heteroatoms. The van der Waals surface area contributed by atoms with Crippen molar-refractivity contribution in [2.45, 2.75) is 0 Å². The van der Waals surface area contributed by atoms with Gasteiger partial charge in [0.25, 0.3) is 5.91 Å². The molecular weight excluding hydrogens is 204 g/mol. The van der Waals surface area contributed by atoms with Crippen LogP contribution in [0.25, 0.3) is 0 Å². The molecule has 0 radical (unpaired) electrons. The van der Waals surface area contributed by atoms with E-state index in [-0.39, 0.29) is 5.75 Å². The van der Waals surface area contributed by atoms with E-state index in [9.17, 15) is 18.0 Å². The first-order valence-corrected chi connectivity index (χ1v) is 5.75. The second kappa shape index (κ2) is 3.04. The summed E-state index contributed by atoms with van der Waals surface area (Å²) in [5.41, 5.74) is 0. The number of sulfonamides is 1. The number of nitrogens with zero attached hydrogens (tertiary/aromatic N) is 1. The Bertz CT molecular complexity index is 306. The molecule has 0 spiro atoms. The van der Waals surface area contributed by atoms with Gasteiger partial charge in [-0.05, 0) is 0 Å². The molecule has 1 N–H and O–H groups in total. The molecular formula is C4H6N2O4S2. The number of amides is 2. The average Bonchev–Trinajstić information content (AvgIpc) is 2.16. The lowest BCUT2D eigenvalue weighted by molar-refractivity contribution is -0.125. The molecule has 0 aliphatic carbocycles. The second-order valence-electron chi connectivity index (χ2n) is 2.15. The van der Waals surface area contributed by atoms with E-state index >= 15 is 0 Å². The SMILES string of the molecule is CS(=O)(=O)NN1C(=O)CSC1=O. The van der Waals surface area contributed by atoms with Gasteiger partial charge in [0.15, 0.2) is 0 Å². The van der Waals surface area contributed by atoms with E-state index in [1.165, 1.54) is 0 Å². The van der Waals surface area contributed by atoms with Crippen LogP contribution < -0.4 is 4.83 Å². The molecule has 68 valence electrons. The van der Waals surface area contributed by atoms with E-state index in [2.05, 4.69) is 0 Å². The number of thioether (sulfide) groups is 1. The van der Waals surface area contributed by atoms with Gasteiger partial charge in [0.2, 0.25) is 10.0 Å². The van der Waals surface area contributed by atoms with Crippen LogP contribution in [0, 0.1) is 0 Å². The van der Waals surface area contributed by atoms with Gasteiger partial charge in [0, 0.05) is 0 Å². The lowest BCUT2D eigenvalue weighted by atomic mass is 10.7. The minimum atomic E-state index is -3.55. The van der Waals surface area contributed by atoms with Crippen LogP contribution in [-0.2, 0) is 14.8 Å². The molecule has 0 saturated carbocycles. The zero-order chi connectivity index (χ0) is 9.35. The summed E-state index contributed by atoms with van der Waals surface area (Å²) in [5.74, 6) is -0.558. The van der Waals surface area contributed by atoms with Gasteiger partial charge >= 0.3 is 5.24 Å². The molecule has 1 saturated heterocycles. The third-order valence-electron chi connectivity index (χ3n) is 1.01. The lowest BCUT2D eigenvalue weighted by Gasteiger charge is -2.11. The molecule has 0 bridgehead atoms. The number of rotatable bonds is 2. The predicted octanol–water partition coefficient (Wildman–Crippen LogP) is -0.854. The summed E-state index contributed by atoms with van der Waals surface area (Å²) in [6.07, 6.45) is 0.872. The highest BCUT2D eigenvalue weighted by Gasteiger charge is 2.32. The molecule has 1 fully saturated rings. The van der Waals surface area contributed by atoms with Crippen molar-refractivity contribution in [1.82, 2.24) is 9.84 Å². The molecule has 1 heterocycles. The van der Waals surface area contributed by atoms with E-state index in [4.69, 9.17) is 0 Å². The summed E-state index contributed by atoms with van der Waals surface area (Å²) in [6, 6.07) is 0. The largest absolute Gasteiger partial charge is 0.304 e. The summed E-state index contributed by atoms with van der Waals surface area (Å²) in [7, 11) is -3.55. The first-order chi connectivity index (χ1) is 5.40. The van der Waals surface area contributed by atoms with E-state index in [1.54, 1.807) is 4.83 Å². The maximum atomic E-state index is 10.8. The van der Waals surface area contributed by atoms with Gasteiger partial charge in [0.05, 0.1) is 12.0 Å². The zero-order valence-electron chi connectivity index (χ0n) is 6.10. The second-order valence-corrected chi connectivity index (χ2v) is 4.80. The molecule has 0 aromatic carbocycles. The van der Waals surface area contributed by atoms with Crippen molar-refractivity contribution in [3.63, 3.8) is 0 Å². The van der Waals surface area contributed by atoms with Crippen LogP contribution in [0.2, 0.25) is 0 Å². The fourth-order valence-electron chi connectivity index (χ4n) is 0.608. The highest BCUT2D eigenvalue weighted by Crippen LogP contribution is 2.16. The number of carbonyl (C=O) groups excluding carboxylic acids is 2. The third kappa shape index (κ3) is 2.19. The van der Waals surface area contributed by atoms with Gasteiger partial charge < -0.3 is 0 Å². The van der Waals surface area contributed by atoms with Crippen LogP contribution in [0.15, 0.2) is 0 Å². The van der Waals surface area contributed by atoms with Gasteiger partial charge in [-0.2, -0.15) is 5.01 Å². The van der Waals surface area contributed by atoms with Crippen molar-refractivity contribution < 1.29 is 18.0 Å². The Morgan fingerprint density at radius 3 is 2.42 bits per heavy atom. The highest BCUT2D eigenvalue weighted by atomic mass is 32.2. The van der Waals surface area contributed by atoms with Crippen molar-refractivity contribution >= 4 is 32.9 Å². The van der Waals surface area contributed by atoms with Gasteiger partial charge in [-0.25, -0.2) is 8.42 Å². The molecule has 0 unspecified atom stereocenters. The summed E-state index contributed by atoms with van der Waals surface area (Å²) < 4.78 is 21.2. The number of imide groups is 1. The first kappa shape index (κ1) is 9.49. The van der Waals surface area contributed by atoms with Crippen molar-refractivity contribution in [2.75, 3.05) is 12.0 Å². The summed E-state index contributed by atoms with van der Waals surface area (Å²) >= 11 is 0.765. The fraction of sp³-hybridized carbons (Fsp3) is 0.500. The Balaban J connectivity index is 2.76. The fourth-order valence-corrected chi connectivity index (χ4v) is 1.84. The van der Waals surface area contributed by atoms with Crippen molar-refractivity contribution in [3.8, 4) is 0 Å². The average molecular weight is 210 g/mol. The van der Waals surface area contributed by atoms with Crippen molar-refractivity contribution in [3.05, 3.63) is 0 Å². The van der Waals surface area contributed by atoms with Crippen molar-refractivity contribution in [2.24, 2.45) is 0 Å². The topological polar surface area (TPSA) is 83.6 Å². The zero-order valence-corrected chi connectivity index (χ0v) is 7.74. The van der Waals surface area contributed by atoms with E-state index in [1.807, 2.05) is 0 Å². The number of nitrogens with one attached hydrogen (secondary N) is 1. The van der Waals surface area contributed by atoms with Crippen LogP contribution in [0.3, 0.4) is 0 Å². The Labute approximate surface area is 73.3 Å². The molecule has 0 aromatic heterocycles. The smallest absolute Gasteiger partial charge is 0.272 e. The summed E-state index contributed by atoms with van der Waals surface area (Å²) in [5, 5.41) is -0.0922. The third-order valence-corrected chi connectivity index (χ3v) is 2.34. The minimum absolute atomic E-state index is 0.0125. The number of hydrogen-bond donors (Lipinski definition) is 1. The van der Waals surface area contributed by atoms with Crippen LogP contribution in [-0.4, -0.2) is 36.6 Å². The number of hydrogen-bond acceptors (Lipinski definition) is 5.